The molecule has 0 atom stereocenters. The van der Waals surface area contributed by atoms with E-state index in [9.17, 15) is 9.36 Å². The molecule has 0 radical (unpaired) electrons. The van der Waals surface area contributed by atoms with Crippen molar-refractivity contribution in [3.63, 3.8) is 0 Å². The third-order valence-electron chi connectivity index (χ3n) is 6.13. The number of rotatable bonds is 8. The Morgan fingerprint density at radius 1 is 0.704 bits per heavy atom. The molecule has 3 aliphatic rings. The maximum Gasteiger partial charge on any atom is 0.530 e. The molecule has 0 aromatic heterocycles. The SMILES string of the molecule is C=C(OP(=O)(OC1CCCCC1)OC1CCCCC1)C(=O)C1CCCCC1. The average molecular weight is 398 g/mol. The monoisotopic (exact) mass is 398 g/mol. The molecule has 3 fully saturated rings. The van der Waals surface area contributed by atoms with Gasteiger partial charge in [0.1, 0.15) is 0 Å². The van der Waals surface area contributed by atoms with Crippen molar-refractivity contribution in [2.24, 2.45) is 5.92 Å². The van der Waals surface area contributed by atoms with Gasteiger partial charge in [-0.2, -0.15) is 0 Å². The minimum atomic E-state index is -3.84. The molecule has 0 bridgehead atoms. The zero-order chi connectivity index (χ0) is 19.1. The van der Waals surface area contributed by atoms with E-state index in [1.165, 1.54) is 19.3 Å². The second-order valence-electron chi connectivity index (χ2n) is 8.39. The summed E-state index contributed by atoms with van der Waals surface area (Å²) in [6.45, 7) is 3.80. The maximum absolute atomic E-state index is 13.5. The van der Waals surface area contributed by atoms with Crippen LogP contribution in [0.5, 0.6) is 0 Å². The highest BCUT2D eigenvalue weighted by Gasteiger charge is 2.39. The molecule has 0 aliphatic heterocycles. The topological polar surface area (TPSA) is 61.8 Å². The maximum atomic E-state index is 13.5. The molecular weight excluding hydrogens is 363 g/mol. The Hall–Kier alpha value is -0.640. The van der Waals surface area contributed by atoms with Crippen LogP contribution in [0, 0.1) is 5.92 Å². The highest BCUT2D eigenvalue weighted by molar-refractivity contribution is 7.48. The lowest BCUT2D eigenvalue weighted by Gasteiger charge is -2.31. The fourth-order valence-electron chi connectivity index (χ4n) is 4.55. The van der Waals surface area contributed by atoms with Crippen LogP contribution >= 0.6 is 7.82 Å². The second-order valence-corrected chi connectivity index (χ2v) is 9.89. The molecule has 27 heavy (non-hydrogen) atoms. The van der Waals surface area contributed by atoms with Crippen LogP contribution < -0.4 is 0 Å². The molecule has 0 aromatic carbocycles. The summed E-state index contributed by atoms with van der Waals surface area (Å²) in [5.74, 6) is -0.240. The largest absolute Gasteiger partial charge is 0.530 e. The molecule has 6 heteroatoms. The van der Waals surface area contributed by atoms with E-state index in [0.717, 1.165) is 77.0 Å². The Labute approximate surface area is 163 Å². The number of ketones is 1. The molecule has 0 aromatic rings. The smallest absolute Gasteiger partial charge is 0.401 e. The van der Waals surface area contributed by atoms with Crippen LogP contribution in [0.25, 0.3) is 0 Å². The summed E-state index contributed by atoms with van der Waals surface area (Å²) in [4.78, 5) is 12.7. The molecule has 3 rings (SSSR count). The van der Waals surface area contributed by atoms with E-state index in [0.29, 0.717) is 0 Å². The number of carbonyl (C=O) groups is 1. The van der Waals surface area contributed by atoms with E-state index in [1.54, 1.807) is 0 Å². The van der Waals surface area contributed by atoms with E-state index in [1.807, 2.05) is 0 Å². The summed E-state index contributed by atoms with van der Waals surface area (Å²) in [6.07, 6.45) is 14.8. The minimum Gasteiger partial charge on any atom is -0.401 e. The van der Waals surface area contributed by atoms with Crippen LogP contribution in [0.2, 0.25) is 0 Å². The molecule has 3 aliphatic carbocycles. The first kappa shape index (κ1) is 21.1. The van der Waals surface area contributed by atoms with Crippen molar-refractivity contribution in [1.29, 1.82) is 0 Å². The third kappa shape index (κ3) is 6.44. The zero-order valence-corrected chi connectivity index (χ0v) is 17.4. The molecule has 0 amide bonds. The second kappa shape index (κ2) is 10.2. The molecule has 0 spiro atoms. The predicted molar refractivity (Wildman–Crippen MR) is 105 cm³/mol. The van der Waals surface area contributed by atoms with Gasteiger partial charge in [-0.3, -0.25) is 13.8 Å². The lowest BCUT2D eigenvalue weighted by atomic mass is 9.86. The highest BCUT2D eigenvalue weighted by atomic mass is 31.2. The summed E-state index contributed by atoms with van der Waals surface area (Å²) in [5, 5.41) is 0. The standard InChI is InChI=1S/C21H35O5P/c1-17(21(22)18-11-5-2-6-12-18)24-27(23,25-19-13-7-3-8-14-19)26-20-15-9-4-10-16-20/h18-20H,1-16H2. The highest BCUT2D eigenvalue weighted by Crippen LogP contribution is 2.56. The van der Waals surface area contributed by atoms with Gasteiger partial charge in [-0.05, 0) is 38.5 Å². The van der Waals surface area contributed by atoms with E-state index in [2.05, 4.69) is 6.58 Å². The van der Waals surface area contributed by atoms with Gasteiger partial charge in [0.15, 0.2) is 11.5 Å². The van der Waals surface area contributed by atoms with Crippen LogP contribution in [0.3, 0.4) is 0 Å². The summed E-state index contributed by atoms with van der Waals surface area (Å²) < 4.78 is 30.9. The molecule has 0 unspecified atom stereocenters. The molecule has 0 N–H and O–H groups in total. The number of phosphoric acid groups is 1. The number of hydrogen-bond acceptors (Lipinski definition) is 5. The van der Waals surface area contributed by atoms with Gasteiger partial charge in [-0.1, -0.05) is 64.4 Å². The molecule has 0 heterocycles. The van der Waals surface area contributed by atoms with Crippen LogP contribution in [0.4, 0.5) is 0 Å². The molecule has 3 saturated carbocycles. The van der Waals surface area contributed by atoms with E-state index >= 15 is 0 Å². The average Bonchev–Trinajstić information content (AvgIpc) is 2.69. The Morgan fingerprint density at radius 2 is 1.11 bits per heavy atom. The third-order valence-corrected chi connectivity index (χ3v) is 7.69. The van der Waals surface area contributed by atoms with Gasteiger partial charge in [-0.25, -0.2) is 4.57 Å². The number of allylic oxidation sites excluding steroid dienone is 1. The number of phosphoric ester groups is 1. The Kier molecular flexibility index (Phi) is 7.98. The van der Waals surface area contributed by atoms with E-state index in [-0.39, 0.29) is 29.7 Å². The number of carbonyl (C=O) groups excluding carboxylic acids is 1. The van der Waals surface area contributed by atoms with Crippen molar-refractivity contribution >= 4 is 13.6 Å². The Bertz CT molecular complexity index is 519. The van der Waals surface area contributed by atoms with Gasteiger partial charge in [0.25, 0.3) is 0 Å². The molecule has 0 saturated heterocycles. The van der Waals surface area contributed by atoms with Crippen molar-refractivity contribution in [2.75, 3.05) is 0 Å². The summed E-state index contributed by atoms with van der Waals surface area (Å²) in [5.41, 5.74) is 0. The van der Waals surface area contributed by atoms with Gasteiger partial charge in [0.05, 0.1) is 12.2 Å². The number of hydrogen-bond donors (Lipinski definition) is 0. The lowest BCUT2D eigenvalue weighted by Crippen LogP contribution is -2.24. The number of Topliss-reactive ketones (excluding diaryl/α,β-unsaturated/α-hetero) is 1. The van der Waals surface area contributed by atoms with Crippen LogP contribution in [-0.2, 0) is 22.9 Å². The normalized spacial score (nSPS) is 23.9. The fraction of sp³-hybridized carbons (Fsp3) is 0.857. The molecule has 5 nitrogen and oxygen atoms in total. The van der Waals surface area contributed by atoms with Crippen LogP contribution in [0.1, 0.15) is 96.3 Å². The van der Waals surface area contributed by atoms with Crippen molar-refractivity contribution in [2.45, 2.75) is 109 Å². The molecular formula is C21H35O5P. The first-order chi connectivity index (χ1) is 13.1. The first-order valence-corrected chi connectivity index (χ1v) is 12.4. The Morgan fingerprint density at radius 3 is 1.56 bits per heavy atom. The van der Waals surface area contributed by atoms with E-state index in [4.69, 9.17) is 13.6 Å². The molecule has 154 valence electrons. The van der Waals surface area contributed by atoms with Crippen molar-refractivity contribution in [3.8, 4) is 0 Å². The van der Waals surface area contributed by atoms with Crippen LogP contribution in [0.15, 0.2) is 12.3 Å². The summed E-state index contributed by atoms with van der Waals surface area (Å²) in [6, 6.07) is 0. The van der Waals surface area contributed by atoms with Crippen molar-refractivity contribution < 1.29 is 22.9 Å². The summed E-state index contributed by atoms with van der Waals surface area (Å²) >= 11 is 0. The quantitative estimate of drug-likeness (QED) is 0.266. The van der Waals surface area contributed by atoms with Gasteiger partial charge >= 0.3 is 7.82 Å². The van der Waals surface area contributed by atoms with Gasteiger partial charge in [0, 0.05) is 5.92 Å². The van der Waals surface area contributed by atoms with Gasteiger partial charge < -0.3 is 4.52 Å². The van der Waals surface area contributed by atoms with Crippen molar-refractivity contribution in [1.82, 2.24) is 0 Å². The van der Waals surface area contributed by atoms with Gasteiger partial charge in [0.2, 0.25) is 0 Å². The summed E-state index contributed by atoms with van der Waals surface area (Å²) in [7, 11) is -3.84. The fourth-order valence-corrected chi connectivity index (χ4v) is 6.19. The predicted octanol–water partition coefficient (Wildman–Crippen LogP) is 6.47. The van der Waals surface area contributed by atoms with Gasteiger partial charge in [-0.15, -0.1) is 0 Å². The Balaban J connectivity index is 1.64. The first-order valence-electron chi connectivity index (χ1n) is 11.0. The van der Waals surface area contributed by atoms with Crippen LogP contribution in [-0.4, -0.2) is 18.0 Å². The van der Waals surface area contributed by atoms with Crippen molar-refractivity contribution in [3.05, 3.63) is 12.3 Å². The zero-order valence-electron chi connectivity index (χ0n) is 16.5. The van der Waals surface area contributed by atoms with E-state index < -0.39 is 7.82 Å². The lowest BCUT2D eigenvalue weighted by molar-refractivity contribution is -0.122. The minimum absolute atomic E-state index is 0.0446.